The SMILES string of the molecule is CC(O)C(C)Oc1ccc(C=O)cc1C(F)(F)F. The van der Waals surface area contributed by atoms with Gasteiger partial charge < -0.3 is 9.84 Å². The summed E-state index contributed by atoms with van der Waals surface area (Å²) in [5.41, 5.74) is -1.11. The van der Waals surface area contributed by atoms with Gasteiger partial charge in [0.05, 0.1) is 11.7 Å². The number of carbonyl (C=O) groups excluding carboxylic acids is 1. The Morgan fingerprint density at radius 1 is 1.33 bits per heavy atom. The van der Waals surface area contributed by atoms with Crippen LogP contribution in [0.3, 0.4) is 0 Å². The van der Waals surface area contributed by atoms with Crippen LogP contribution < -0.4 is 4.74 Å². The lowest BCUT2D eigenvalue weighted by Gasteiger charge is -2.20. The number of aliphatic hydroxyl groups excluding tert-OH is 1. The zero-order valence-corrected chi connectivity index (χ0v) is 9.86. The first-order valence-corrected chi connectivity index (χ1v) is 5.27. The van der Waals surface area contributed by atoms with Gasteiger partial charge in [0.15, 0.2) is 0 Å². The maximum absolute atomic E-state index is 12.8. The van der Waals surface area contributed by atoms with Gasteiger partial charge in [-0.05, 0) is 32.0 Å². The molecule has 100 valence electrons. The first kappa shape index (κ1) is 14.5. The summed E-state index contributed by atoms with van der Waals surface area (Å²) >= 11 is 0. The highest BCUT2D eigenvalue weighted by atomic mass is 19.4. The number of alkyl halides is 3. The summed E-state index contributed by atoms with van der Waals surface area (Å²) in [4.78, 5) is 10.5. The van der Waals surface area contributed by atoms with E-state index in [4.69, 9.17) is 4.74 Å². The van der Waals surface area contributed by atoms with Gasteiger partial charge in [-0.1, -0.05) is 0 Å². The molecule has 18 heavy (non-hydrogen) atoms. The quantitative estimate of drug-likeness (QED) is 0.848. The van der Waals surface area contributed by atoms with E-state index in [-0.39, 0.29) is 5.56 Å². The Hall–Kier alpha value is -1.56. The van der Waals surface area contributed by atoms with Crippen molar-refractivity contribution in [1.82, 2.24) is 0 Å². The van der Waals surface area contributed by atoms with Crippen molar-refractivity contribution in [2.75, 3.05) is 0 Å². The van der Waals surface area contributed by atoms with Gasteiger partial charge in [-0.3, -0.25) is 4.79 Å². The van der Waals surface area contributed by atoms with Crippen LogP contribution in [0.4, 0.5) is 13.2 Å². The van der Waals surface area contributed by atoms with Crippen LogP contribution in [0.1, 0.15) is 29.8 Å². The van der Waals surface area contributed by atoms with Crippen molar-refractivity contribution >= 4 is 6.29 Å². The molecule has 0 saturated carbocycles. The van der Waals surface area contributed by atoms with E-state index < -0.39 is 29.7 Å². The van der Waals surface area contributed by atoms with E-state index in [9.17, 15) is 23.1 Å². The molecule has 0 aliphatic carbocycles. The third-order valence-corrected chi connectivity index (χ3v) is 2.44. The number of halogens is 3. The summed E-state index contributed by atoms with van der Waals surface area (Å²) in [5.74, 6) is -0.401. The number of aliphatic hydroxyl groups is 1. The Kier molecular flexibility index (Phi) is 4.34. The van der Waals surface area contributed by atoms with Crippen molar-refractivity contribution in [3.8, 4) is 5.75 Å². The molecule has 1 aromatic rings. The van der Waals surface area contributed by atoms with Gasteiger partial charge >= 0.3 is 6.18 Å². The molecule has 0 amide bonds. The summed E-state index contributed by atoms with van der Waals surface area (Å²) in [6, 6.07) is 3.02. The van der Waals surface area contributed by atoms with Gasteiger partial charge in [0.25, 0.3) is 0 Å². The molecule has 0 bridgehead atoms. The molecule has 0 heterocycles. The molecule has 0 aliphatic heterocycles. The first-order chi connectivity index (χ1) is 8.25. The van der Waals surface area contributed by atoms with Crippen molar-refractivity contribution < 1.29 is 27.8 Å². The van der Waals surface area contributed by atoms with Crippen molar-refractivity contribution in [1.29, 1.82) is 0 Å². The zero-order chi connectivity index (χ0) is 13.9. The van der Waals surface area contributed by atoms with E-state index in [0.29, 0.717) is 6.29 Å². The molecule has 0 aliphatic rings. The van der Waals surface area contributed by atoms with Crippen LogP contribution in [0.25, 0.3) is 0 Å². The fraction of sp³-hybridized carbons (Fsp3) is 0.417. The summed E-state index contributed by atoms with van der Waals surface area (Å²) in [6.45, 7) is 2.87. The maximum Gasteiger partial charge on any atom is 0.419 e. The van der Waals surface area contributed by atoms with Crippen LogP contribution in [-0.2, 0) is 6.18 Å². The third-order valence-electron chi connectivity index (χ3n) is 2.44. The Morgan fingerprint density at radius 2 is 1.94 bits per heavy atom. The highest BCUT2D eigenvalue weighted by Gasteiger charge is 2.35. The topological polar surface area (TPSA) is 46.5 Å². The van der Waals surface area contributed by atoms with Crippen molar-refractivity contribution in [3.63, 3.8) is 0 Å². The lowest BCUT2D eigenvalue weighted by Crippen LogP contribution is -2.26. The molecule has 1 rings (SSSR count). The summed E-state index contributed by atoms with van der Waals surface area (Å²) in [6.07, 6.45) is -5.98. The van der Waals surface area contributed by atoms with Gasteiger partial charge in [0.2, 0.25) is 0 Å². The van der Waals surface area contributed by atoms with E-state index in [1.54, 1.807) is 0 Å². The first-order valence-electron chi connectivity index (χ1n) is 5.27. The van der Waals surface area contributed by atoms with Gasteiger partial charge in [-0.25, -0.2) is 0 Å². The van der Waals surface area contributed by atoms with Crippen molar-refractivity contribution in [2.24, 2.45) is 0 Å². The highest BCUT2D eigenvalue weighted by molar-refractivity contribution is 5.75. The van der Waals surface area contributed by atoms with E-state index in [2.05, 4.69) is 0 Å². The van der Waals surface area contributed by atoms with Crippen LogP contribution in [0.15, 0.2) is 18.2 Å². The van der Waals surface area contributed by atoms with Crippen LogP contribution >= 0.6 is 0 Å². The normalized spacial score (nSPS) is 15.0. The lowest BCUT2D eigenvalue weighted by atomic mass is 10.1. The third kappa shape index (κ3) is 3.46. The number of hydrogen-bond donors (Lipinski definition) is 1. The Labute approximate surface area is 102 Å². The molecule has 2 unspecified atom stereocenters. The molecular formula is C12H13F3O3. The number of carbonyl (C=O) groups is 1. The Balaban J connectivity index is 3.14. The van der Waals surface area contributed by atoms with Gasteiger partial charge in [0, 0.05) is 5.56 Å². The number of rotatable bonds is 4. The minimum atomic E-state index is -4.62. The largest absolute Gasteiger partial charge is 0.487 e. The van der Waals surface area contributed by atoms with Gasteiger partial charge in [-0.2, -0.15) is 13.2 Å². The zero-order valence-electron chi connectivity index (χ0n) is 9.86. The molecular weight excluding hydrogens is 249 g/mol. The number of hydrogen-bond acceptors (Lipinski definition) is 3. The smallest absolute Gasteiger partial charge is 0.419 e. The second-order valence-corrected chi connectivity index (χ2v) is 3.93. The highest BCUT2D eigenvalue weighted by Crippen LogP contribution is 2.37. The molecule has 0 fully saturated rings. The fourth-order valence-corrected chi connectivity index (χ4v) is 1.24. The minimum absolute atomic E-state index is 0.0839. The van der Waals surface area contributed by atoms with Crippen LogP contribution in [0.2, 0.25) is 0 Å². The fourth-order valence-electron chi connectivity index (χ4n) is 1.24. The average Bonchev–Trinajstić information content (AvgIpc) is 2.27. The molecule has 3 nitrogen and oxygen atoms in total. The second-order valence-electron chi connectivity index (χ2n) is 3.93. The van der Waals surface area contributed by atoms with Crippen LogP contribution in [-0.4, -0.2) is 23.6 Å². The van der Waals surface area contributed by atoms with Gasteiger partial charge in [-0.15, -0.1) is 0 Å². The van der Waals surface area contributed by atoms with E-state index in [0.717, 1.165) is 12.1 Å². The molecule has 6 heteroatoms. The summed E-state index contributed by atoms with van der Waals surface area (Å²) in [7, 11) is 0. The number of ether oxygens (including phenoxy) is 1. The Bertz CT molecular complexity index is 427. The van der Waals surface area contributed by atoms with Crippen molar-refractivity contribution in [3.05, 3.63) is 29.3 Å². The monoisotopic (exact) mass is 262 g/mol. The minimum Gasteiger partial charge on any atom is -0.487 e. The molecule has 0 spiro atoms. The van der Waals surface area contributed by atoms with Crippen LogP contribution in [0.5, 0.6) is 5.75 Å². The Morgan fingerprint density at radius 3 is 2.39 bits per heavy atom. The molecule has 1 N–H and O–H groups in total. The molecule has 0 aromatic heterocycles. The molecule has 0 radical (unpaired) electrons. The average molecular weight is 262 g/mol. The maximum atomic E-state index is 12.8. The van der Waals surface area contributed by atoms with Gasteiger partial charge in [0.1, 0.15) is 18.1 Å². The number of aldehydes is 1. The van der Waals surface area contributed by atoms with Crippen LogP contribution in [0, 0.1) is 0 Å². The number of benzene rings is 1. The van der Waals surface area contributed by atoms with E-state index in [1.165, 1.54) is 19.9 Å². The predicted octanol–water partition coefficient (Wildman–Crippen LogP) is 2.67. The molecule has 0 saturated heterocycles. The molecule has 2 atom stereocenters. The lowest BCUT2D eigenvalue weighted by molar-refractivity contribution is -0.139. The van der Waals surface area contributed by atoms with E-state index in [1.807, 2.05) is 0 Å². The summed E-state index contributed by atoms with van der Waals surface area (Å²) in [5, 5.41) is 9.21. The summed E-state index contributed by atoms with van der Waals surface area (Å²) < 4.78 is 43.3. The second kappa shape index (κ2) is 5.39. The standard InChI is InChI=1S/C12H13F3O3/c1-7(17)8(2)18-11-4-3-9(6-16)5-10(11)12(13,14)15/h3-8,17H,1-2H3. The van der Waals surface area contributed by atoms with E-state index >= 15 is 0 Å². The molecule has 1 aromatic carbocycles. The predicted molar refractivity (Wildman–Crippen MR) is 58.6 cm³/mol. The van der Waals surface area contributed by atoms with Crippen molar-refractivity contribution in [2.45, 2.75) is 32.2 Å².